The molecule has 0 aliphatic rings. The van der Waals surface area contributed by atoms with Gasteiger partial charge in [-0.05, 0) is 42.8 Å². The number of amides is 1. The number of hydrogen-bond donors (Lipinski definition) is 1. The number of hydrogen-bond acceptors (Lipinski definition) is 2. The first-order valence-corrected chi connectivity index (χ1v) is 6.02. The molecule has 0 fully saturated rings. The molecule has 3 heteroatoms. The van der Waals surface area contributed by atoms with Gasteiger partial charge in [0.1, 0.15) is 0 Å². The Bertz CT molecular complexity index is 417. The zero-order valence-corrected chi connectivity index (χ0v) is 10.4. The second kappa shape index (κ2) is 6.97. The van der Waals surface area contributed by atoms with Crippen LogP contribution in [-0.4, -0.2) is 11.8 Å². The molecular formula is C13H15NOS. The van der Waals surface area contributed by atoms with Crippen molar-refractivity contribution in [3.05, 3.63) is 29.8 Å². The van der Waals surface area contributed by atoms with E-state index in [1.807, 2.05) is 18.2 Å². The van der Waals surface area contributed by atoms with Gasteiger partial charge >= 0.3 is 0 Å². The number of carbonyl (C=O) groups excluding carboxylic acids is 1. The molecule has 0 aliphatic heterocycles. The first-order valence-electron chi connectivity index (χ1n) is 5.20. The van der Waals surface area contributed by atoms with Crippen LogP contribution in [0.15, 0.2) is 29.2 Å². The van der Waals surface area contributed by atoms with Crippen molar-refractivity contribution in [3.63, 3.8) is 0 Å². The molecule has 0 saturated heterocycles. The van der Waals surface area contributed by atoms with E-state index in [-0.39, 0.29) is 5.24 Å². The Morgan fingerprint density at radius 3 is 3.00 bits per heavy atom. The predicted octanol–water partition coefficient (Wildman–Crippen LogP) is 3.07. The van der Waals surface area contributed by atoms with Gasteiger partial charge in [-0.25, -0.2) is 0 Å². The molecule has 0 atom stereocenters. The molecule has 1 rings (SSSR count). The molecule has 0 aliphatic carbocycles. The summed E-state index contributed by atoms with van der Waals surface area (Å²) in [5, 5.41) is 2.66. The van der Waals surface area contributed by atoms with Crippen molar-refractivity contribution in [2.75, 3.05) is 6.54 Å². The summed E-state index contributed by atoms with van der Waals surface area (Å²) in [6, 6.07) is 8.01. The lowest BCUT2D eigenvalue weighted by molar-refractivity contribution is 0.261. The lowest BCUT2D eigenvalue weighted by Crippen LogP contribution is -2.18. The van der Waals surface area contributed by atoms with E-state index in [0.717, 1.165) is 11.3 Å². The average molecular weight is 233 g/mol. The molecule has 1 N–H and O–H groups in total. The summed E-state index contributed by atoms with van der Waals surface area (Å²) in [4.78, 5) is 12.4. The molecule has 1 aromatic carbocycles. The van der Waals surface area contributed by atoms with E-state index in [1.165, 1.54) is 17.3 Å². The van der Waals surface area contributed by atoms with E-state index in [1.54, 1.807) is 6.92 Å². The molecule has 0 saturated carbocycles. The fraction of sp³-hybridized carbons (Fsp3) is 0.308. The Balaban J connectivity index is 2.51. The first kappa shape index (κ1) is 12.7. The van der Waals surface area contributed by atoms with Gasteiger partial charge in [0.05, 0.1) is 6.54 Å². The molecule has 16 heavy (non-hydrogen) atoms. The number of aryl methyl sites for hydroxylation is 1. The van der Waals surface area contributed by atoms with Gasteiger partial charge in [-0.3, -0.25) is 4.79 Å². The van der Waals surface area contributed by atoms with E-state index < -0.39 is 0 Å². The van der Waals surface area contributed by atoms with Gasteiger partial charge in [0, 0.05) is 4.90 Å². The normalized spacial score (nSPS) is 9.12. The Labute approximate surface area is 101 Å². The standard InChI is InChI=1S/C13H15NOS/c1-3-5-9-14-13(15)16-12-8-6-7-11(4-2)10-12/h6-8,10H,4,9H2,1-2H3,(H,14,15). The third-order valence-electron chi connectivity index (χ3n) is 2.02. The summed E-state index contributed by atoms with van der Waals surface area (Å²) < 4.78 is 0. The van der Waals surface area contributed by atoms with Crippen molar-refractivity contribution in [3.8, 4) is 11.8 Å². The van der Waals surface area contributed by atoms with Gasteiger partial charge in [-0.2, -0.15) is 0 Å². The molecule has 1 aromatic rings. The van der Waals surface area contributed by atoms with Crippen molar-refractivity contribution in [2.24, 2.45) is 0 Å². The van der Waals surface area contributed by atoms with Crippen molar-refractivity contribution >= 4 is 17.0 Å². The summed E-state index contributed by atoms with van der Waals surface area (Å²) in [5.41, 5.74) is 1.24. The molecule has 2 nitrogen and oxygen atoms in total. The van der Waals surface area contributed by atoms with Crippen molar-refractivity contribution in [1.82, 2.24) is 5.32 Å². The van der Waals surface area contributed by atoms with Crippen LogP contribution in [0, 0.1) is 11.8 Å². The van der Waals surface area contributed by atoms with Gasteiger partial charge < -0.3 is 5.32 Å². The van der Waals surface area contributed by atoms with Crippen LogP contribution in [0.1, 0.15) is 19.4 Å². The minimum absolute atomic E-state index is 0.0593. The summed E-state index contributed by atoms with van der Waals surface area (Å²) in [6.45, 7) is 4.26. The summed E-state index contributed by atoms with van der Waals surface area (Å²) in [7, 11) is 0. The highest BCUT2D eigenvalue weighted by molar-refractivity contribution is 8.13. The summed E-state index contributed by atoms with van der Waals surface area (Å²) >= 11 is 1.21. The van der Waals surface area contributed by atoms with Crippen LogP contribution < -0.4 is 5.32 Å². The SMILES string of the molecule is CC#CCNC(=O)Sc1cccc(CC)c1. The van der Waals surface area contributed by atoms with Gasteiger partial charge in [0.25, 0.3) is 5.24 Å². The predicted molar refractivity (Wildman–Crippen MR) is 68.5 cm³/mol. The van der Waals surface area contributed by atoms with E-state index in [9.17, 15) is 4.79 Å². The maximum absolute atomic E-state index is 11.5. The van der Waals surface area contributed by atoms with E-state index >= 15 is 0 Å². The second-order valence-corrected chi connectivity index (χ2v) is 4.22. The number of rotatable bonds is 3. The van der Waals surface area contributed by atoms with Crippen molar-refractivity contribution < 1.29 is 4.79 Å². The van der Waals surface area contributed by atoms with Crippen molar-refractivity contribution in [1.29, 1.82) is 0 Å². The number of thioether (sulfide) groups is 1. The van der Waals surface area contributed by atoms with E-state index in [4.69, 9.17) is 0 Å². The molecule has 0 aromatic heterocycles. The number of benzene rings is 1. The minimum atomic E-state index is -0.0593. The Kier molecular flexibility index (Phi) is 5.52. The molecule has 0 bridgehead atoms. The Morgan fingerprint density at radius 2 is 2.31 bits per heavy atom. The number of carbonyl (C=O) groups is 1. The maximum Gasteiger partial charge on any atom is 0.284 e. The zero-order chi connectivity index (χ0) is 11.8. The molecule has 0 spiro atoms. The summed E-state index contributed by atoms with van der Waals surface area (Å²) in [5.74, 6) is 5.52. The largest absolute Gasteiger partial charge is 0.336 e. The Morgan fingerprint density at radius 1 is 1.50 bits per heavy atom. The average Bonchev–Trinajstić information content (AvgIpc) is 2.29. The Hall–Kier alpha value is -1.40. The molecule has 1 amide bonds. The van der Waals surface area contributed by atoms with Crippen LogP contribution in [0.2, 0.25) is 0 Å². The van der Waals surface area contributed by atoms with Gasteiger partial charge in [-0.1, -0.05) is 25.0 Å². The van der Waals surface area contributed by atoms with Crippen LogP contribution in [0.25, 0.3) is 0 Å². The molecular weight excluding hydrogens is 218 g/mol. The fourth-order valence-corrected chi connectivity index (χ4v) is 1.89. The van der Waals surface area contributed by atoms with Gasteiger partial charge in [0.2, 0.25) is 0 Å². The minimum Gasteiger partial charge on any atom is -0.336 e. The third kappa shape index (κ3) is 4.41. The number of nitrogens with one attached hydrogen (secondary N) is 1. The van der Waals surface area contributed by atoms with Crippen molar-refractivity contribution in [2.45, 2.75) is 25.2 Å². The van der Waals surface area contributed by atoms with E-state index in [0.29, 0.717) is 6.54 Å². The lowest BCUT2D eigenvalue weighted by atomic mass is 10.2. The van der Waals surface area contributed by atoms with Crippen LogP contribution in [0.5, 0.6) is 0 Å². The fourth-order valence-electron chi connectivity index (χ4n) is 1.18. The van der Waals surface area contributed by atoms with Crippen LogP contribution >= 0.6 is 11.8 Å². The first-order chi connectivity index (χ1) is 7.76. The van der Waals surface area contributed by atoms with Gasteiger partial charge in [0.15, 0.2) is 0 Å². The topological polar surface area (TPSA) is 29.1 Å². The maximum atomic E-state index is 11.5. The van der Waals surface area contributed by atoms with Crippen LogP contribution in [0.3, 0.4) is 0 Å². The second-order valence-electron chi connectivity index (χ2n) is 3.17. The third-order valence-corrected chi connectivity index (χ3v) is 2.83. The van der Waals surface area contributed by atoms with E-state index in [2.05, 4.69) is 30.1 Å². The quantitative estimate of drug-likeness (QED) is 0.642. The highest BCUT2D eigenvalue weighted by atomic mass is 32.2. The van der Waals surface area contributed by atoms with Crippen LogP contribution in [0.4, 0.5) is 4.79 Å². The van der Waals surface area contributed by atoms with Gasteiger partial charge in [-0.15, -0.1) is 5.92 Å². The monoisotopic (exact) mass is 233 g/mol. The molecule has 0 radical (unpaired) electrons. The van der Waals surface area contributed by atoms with Crippen LogP contribution in [-0.2, 0) is 6.42 Å². The highest BCUT2D eigenvalue weighted by Gasteiger charge is 2.03. The molecule has 84 valence electrons. The lowest BCUT2D eigenvalue weighted by Gasteiger charge is -2.03. The molecule has 0 heterocycles. The smallest absolute Gasteiger partial charge is 0.284 e. The zero-order valence-electron chi connectivity index (χ0n) is 9.54. The molecule has 0 unspecified atom stereocenters. The highest BCUT2D eigenvalue weighted by Crippen LogP contribution is 2.19. The summed E-state index contributed by atoms with van der Waals surface area (Å²) in [6.07, 6.45) is 0.983.